The van der Waals surface area contributed by atoms with Crippen LogP contribution in [0.3, 0.4) is 0 Å². The van der Waals surface area contributed by atoms with Gasteiger partial charge < -0.3 is 9.05 Å². The van der Waals surface area contributed by atoms with Gasteiger partial charge in [-0.15, -0.1) is 0 Å². The molecule has 2 aromatic carbocycles. The van der Waals surface area contributed by atoms with Crippen molar-refractivity contribution in [3.8, 4) is 11.5 Å². The molecular formula is C15H12F6NO2P. The van der Waals surface area contributed by atoms with Crippen LogP contribution in [0.25, 0.3) is 0 Å². The molecule has 3 nitrogen and oxygen atoms in total. The average molecular weight is 383 g/mol. The molecular weight excluding hydrogens is 371 g/mol. The molecule has 0 bridgehead atoms. The smallest absolute Gasteiger partial charge is 0.416 e. The Morgan fingerprint density at radius 3 is 1.20 bits per heavy atom. The molecule has 0 aliphatic heterocycles. The van der Waals surface area contributed by atoms with Gasteiger partial charge >= 0.3 is 19.9 Å². The van der Waals surface area contributed by atoms with E-state index in [1.54, 1.807) is 0 Å². The fourth-order valence-corrected chi connectivity index (χ4v) is 2.92. The fraction of sp³-hybridized carbons (Fsp3) is 0.200. The van der Waals surface area contributed by atoms with E-state index in [9.17, 15) is 26.3 Å². The molecule has 1 N–H and O–H groups in total. The van der Waals surface area contributed by atoms with Gasteiger partial charge in [-0.1, -0.05) is 0 Å². The molecule has 0 heterocycles. The number of halogens is 6. The summed E-state index contributed by atoms with van der Waals surface area (Å²) >= 11 is 0. The third kappa shape index (κ3) is 5.42. The van der Waals surface area contributed by atoms with Crippen molar-refractivity contribution in [3.63, 3.8) is 0 Å². The Morgan fingerprint density at radius 2 is 0.960 bits per heavy atom. The zero-order chi connectivity index (χ0) is 18.9. The monoisotopic (exact) mass is 383 g/mol. The lowest BCUT2D eigenvalue weighted by molar-refractivity contribution is -0.138. The zero-order valence-corrected chi connectivity index (χ0v) is 13.5. The van der Waals surface area contributed by atoms with Crippen LogP contribution in [0.5, 0.6) is 11.5 Å². The predicted molar refractivity (Wildman–Crippen MR) is 79.7 cm³/mol. The van der Waals surface area contributed by atoms with Crippen molar-refractivity contribution in [2.45, 2.75) is 12.4 Å². The maximum Gasteiger partial charge on any atom is 0.416 e. The summed E-state index contributed by atoms with van der Waals surface area (Å²) < 4.78 is 85.4. The molecule has 0 saturated heterocycles. The first kappa shape index (κ1) is 19.2. The Morgan fingerprint density at radius 1 is 0.680 bits per heavy atom. The lowest BCUT2D eigenvalue weighted by Crippen LogP contribution is -2.05. The van der Waals surface area contributed by atoms with Crippen molar-refractivity contribution >= 4 is 7.51 Å². The molecule has 0 aromatic heterocycles. The van der Waals surface area contributed by atoms with Gasteiger partial charge in [-0.3, -0.25) is 0 Å². The highest BCUT2D eigenvalue weighted by Crippen LogP contribution is 2.46. The highest BCUT2D eigenvalue weighted by molar-refractivity contribution is 7.55. The topological polar surface area (TPSA) is 42.3 Å². The summed E-state index contributed by atoms with van der Waals surface area (Å²) in [5.74, 6) is -0.0171. The third-order valence-electron chi connectivity index (χ3n) is 2.92. The lowest BCUT2D eigenvalue weighted by Gasteiger charge is -2.20. The molecule has 0 atom stereocenters. The fourth-order valence-electron chi connectivity index (χ4n) is 1.83. The molecule has 10 heteroatoms. The van der Waals surface area contributed by atoms with Crippen molar-refractivity contribution in [2.24, 2.45) is 0 Å². The van der Waals surface area contributed by atoms with Gasteiger partial charge in [0.2, 0.25) is 0 Å². The Balaban J connectivity index is 2.08. The van der Waals surface area contributed by atoms with Crippen LogP contribution in [0.4, 0.5) is 26.3 Å². The molecule has 0 aliphatic rings. The van der Waals surface area contributed by atoms with E-state index in [0.29, 0.717) is 0 Å². The van der Waals surface area contributed by atoms with Crippen LogP contribution in [0.2, 0.25) is 0 Å². The number of hydrogen-bond acceptors (Lipinski definition) is 3. The minimum atomic E-state index is -4.49. The molecule has 2 aromatic rings. The van der Waals surface area contributed by atoms with Crippen molar-refractivity contribution < 1.29 is 35.4 Å². The normalized spacial score (nSPS) is 12.8. The van der Waals surface area contributed by atoms with Crippen LogP contribution in [-0.4, -0.2) is 6.66 Å². The highest BCUT2D eigenvalue weighted by atomic mass is 31.2. The standard InChI is InChI=1S/C15H12F6NO2P/c1-25(22,23-12-6-2-10(3-7-12)14(16,17)18)24-13-8-4-11(5-9-13)15(19,20)21/h2-9,22H,1H3. The predicted octanol–water partition coefficient (Wildman–Crippen LogP) is 6.42. The molecule has 2 rings (SSSR count). The molecule has 0 amide bonds. The summed E-state index contributed by atoms with van der Waals surface area (Å²) in [6, 6.07) is 7.39. The van der Waals surface area contributed by atoms with Gasteiger partial charge in [-0.05, 0) is 48.5 Å². The molecule has 0 aliphatic carbocycles. The average Bonchev–Trinajstić information content (AvgIpc) is 2.45. The van der Waals surface area contributed by atoms with Crippen molar-refractivity contribution in [1.29, 1.82) is 5.16 Å². The SMILES string of the molecule is CP(=N)(Oc1ccc(C(F)(F)F)cc1)Oc1ccc(C(F)(F)F)cc1. The van der Waals surface area contributed by atoms with Crippen LogP contribution >= 0.6 is 7.51 Å². The second-order valence-electron chi connectivity index (χ2n) is 5.07. The Hall–Kier alpha value is -2.15. The van der Waals surface area contributed by atoms with Gasteiger partial charge in [0.25, 0.3) is 0 Å². The zero-order valence-electron chi connectivity index (χ0n) is 12.7. The molecule has 0 radical (unpaired) electrons. The van der Waals surface area contributed by atoms with E-state index in [-0.39, 0.29) is 11.5 Å². The highest BCUT2D eigenvalue weighted by Gasteiger charge is 2.31. The molecule has 0 saturated carbocycles. The summed E-state index contributed by atoms with van der Waals surface area (Å²) in [6.45, 7) is 1.27. The minimum absolute atomic E-state index is 0.00857. The van der Waals surface area contributed by atoms with Crippen LogP contribution in [-0.2, 0) is 12.4 Å². The summed E-state index contributed by atoms with van der Waals surface area (Å²) in [5, 5.41) is 7.98. The van der Waals surface area contributed by atoms with Crippen LogP contribution in [0, 0.1) is 5.16 Å². The number of benzene rings is 2. The van der Waals surface area contributed by atoms with Gasteiger partial charge in [0, 0.05) is 6.66 Å². The second kappa shape index (κ2) is 6.63. The molecule has 136 valence electrons. The Kier molecular flexibility index (Phi) is 5.09. The van der Waals surface area contributed by atoms with Gasteiger partial charge in [0.1, 0.15) is 11.5 Å². The molecule has 0 unspecified atom stereocenters. The first-order valence-electron chi connectivity index (χ1n) is 6.72. The van der Waals surface area contributed by atoms with E-state index >= 15 is 0 Å². The summed E-state index contributed by atoms with van der Waals surface area (Å²) in [7, 11) is -3.31. The van der Waals surface area contributed by atoms with E-state index in [2.05, 4.69) is 0 Å². The number of nitrogens with one attached hydrogen (secondary N) is 1. The largest absolute Gasteiger partial charge is 0.430 e. The lowest BCUT2D eigenvalue weighted by atomic mass is 10.2. The number of alkyl halides is 6. The maximum atomic E-state index is 12.5. The summed E-state index contributed by atoms with van der Waals surface area (Å²) in [5.41, 5.74) is -1.73. The first-order valence-corrected chi connectivity index (χ1v) is 8.79. The molecule has 0 fully saturated rings. The summed E-state index contributed by atoms with van der Waals surface area (Å²) in [6.07, 6.45) is -8.98. The van der Waals surface area contributed by atoms with E-state index in [1.807, 2.05) is 0 Å². The quantitative estimate of drug-likeness (QED) is 0.489. The summed E-state index contributed by atoms with van der Waals surface area (Å²) in [4.78, 5) is 0. The van der Waals surface area contributed by atoms with Crippen LogP contribution in [0.1, 0.15) is 11.1 Å². The van der Waals surface area contributed by atoms with E-state index in [0.717, 1.165) is 48.5 Å². The van der Waals surface area contributed by atoms with Gasteiger partial charge in [0.15, 0.2) is 0 Å². The molecule has 0 spiro atoms. The minimum Gasteiger partial charge on any atom is -0.430 e. The van der Waals surface area contributed by atoms with Gasteiger partial charge in [0.05, 0.1) is 11.1 Å². The number of rotatable bonds is 4. The Bertz CT molecular complexity index is 705. The van der Waals surface area contributed by atoms with Gasteiger partial charge in [-0.25, -0.2) is 5.16 Å². The maximum absolute atomic E-state index is 12.5. The first-order chi connectivity index (χ1) is 11.4. The second-order valence-corrected chi connectivity index (χ2v) is 7.13. The number of hydrogen-bond donors (Lipinski definition) is 1. The van der Waals surface area contributed by atoms with Gasteiger partial charge in [-0.2, -0.15) is 26.3 Å². The van der Waals surface area contributed by atoms with Crippen LogP contribution < -0.4 is 9.05 Å². The third-order valence-corrected chi connectivity index (χ3v) is 4.04. The van der Waals surface area contributed by atoms with E-state index < -0.39 is 31.0 Å². The van der Waals surface area contributed by atoms with E-state index in [1.165, 1.54) is 6.66 Å². The Labute approximate surface area is 139 Å². The molecule has 25 heavy (non-hydrogen) atoms. The van der Waals surface area contributed by atoms with Crippen LogP contribution in [0.15, 0.2) is 48.5 Å². The van der Waals surface area contributed by atoms with Crippen molar-refractivity contribution in [2.75, 3.05) is 6.66 Å². The van der Waals surface area contributed by atoms with Crippen molar-refractivity contribution in [1.82, 2.24) is 0 Å². The van der Waals surface area contributed by atoms with E-state index in [4.69, 9.17) is 14.2 Å². The van der Waals surface area contributed by atoms with Crippen molar-refractivity contribution in [3.05, 3.63) is 59.7 Å².